The van der Waals surface area contributed by atoms with Crippen molar-refractivity contribution in [3.05, 3.63) is 165 Å². The summed E-state index contributed by atoms with van der Waals surface area (Å²) in [5.41, 5.74) is 14.7. The topological polar surface area (TPSA) is 9.86 Å². The minimum Gasteiger partial charge on any atom is -0.340 e. The molecule has 4 aliphatic rings. The molecule has 3 unspecified atom stereocenters. The molecule has 11 rings (SSSR count). The normalized spacial score (nSPS) is 20.0. The molecular formula is C54H48Cl2N2. The van der Waals surface area contributed by atoms with Gasteiger partial charge >= 0.3 is 0 Å². The lowest BCUT2D eigenvalue weighted by atomic mass is 9.68. The Hall–Kier alpha value is -5.02. The molecule has 0 bridgehead atoms. The Balaban J connectivity index is 1.34. The van der Waals surface area contributed by atoms with E-state index in [1.165, 1.54) is 82.4 Å². The summed E-state index contributed by atoms with van der Waals surface area (Å²) in [5.74, 6) is 0.716. The predicted octanol–water partition coefficient (Wildman–Crippen LogP) is 15.8. The Kier molecular flexibility index (Phi) is 8.94. The van der Waals surface area contributed by atoms with E-state index in [1.807, 2.05) is 0 Å². The molecule has 0 saturated heterocycles. The third kappa shape index (κ3) is 5.30. The minimum atomic E-state index is 0.109. The maximum Gasteiger partial charge on any atom is 0.0578 e. The highest BCUT2D eigenvalue weighted by Gasteiger charge is 2.39. The predicted molar refractivity (Wildman–Crippen MR) is 250 cm³/mol. The summed E-state index contributed by atoms with van der Waals surface area (Å²) in [6.45, 7) is 6.56. The number of hydrogen-bond acceptors (Lipinski definition) is 0. The van der Waals surface area contributed by atoms with Gasteiger partial charge in [-0.2, -0.15) is 0 Å². The summed E-state index contributed by atoms with van der Waals surface area (Å²) in [5, 5.41) is 9.59. The summed E-state index contributed by atoms with van der Waals surface area (Å²) in [7, 11) is 0. The zero-order valence-corrected chi connectivity index (χ0v) is 34.9. The molecule has 0 amide bonds. The van der Waals surface area contributed by atoms with Crippen molar-refractivity contribution in [3.63, 3.8) is 0 Å². The van der Waals surface area contributed by atoms with Gasteiger partial charge in [-0.1, -0.05) is 159 Å². The molecular weight excluding hydrogens is 748 g/mol. The smallest absolute Gasteiger partial charge is 0.0578 e. The second-order valence-corrected chi connectivity index (χ2v) is 17.7. The summed E-state index contributed by atoms with van der Waals surface area (Å²) in [6.07, 6.45) is 25.9. The van der Waals surface area contributed by atoms with E-state index in [2.05, 4.69) is 150 Å². The van der Waals surface area contributed by atoms with E-state index in [-0.39, 0.29) is 11.8 Å². The number of hydrogen-bond donors (Lipinski definition) is 0. The average Bonchev–Trinajstić information content (AvgIpc) is 3.77. The number of benzene rings is 5. The van der Waals surface area contributed by atoms with Crippen LogP contribution in [0.3, 0.4) is 0 Å². The van der Waals surface area contributed by atoms with Gasteiger partial charge in [0, 0.05) is 73.5 Å². The fraction of sp³-hybridized carbons (Fsp3) is 0.259. The molecule has 5 aromatic carbocycles. The SMILES string of the molecule is CCCCn1c2ccccc2c2c(C3CC=Cc4c3cc3ccccc3c4Cl)c3c(c(C4=CC=CC5=C(Cl)C6=CC=CCC6CC45)c21)c1ccccc1n3CCCC. The van der Waals surface area contributed by atoms with Crippen LogP contribution < -0.4 is 0 Å². The van der Waals surface area contributed by atoms with E-state index in [0.29, 0.717) is 5.92 Å². The van der Waals surface area contributed by atoms with Crippen molar-refractivity contribution in [1.29, 1.82) is 0 Å². The Bertz CT molecular complexity index is 3040. The number of fused-ring (bicyclic) bond motifs is 10. The van der Waals surface area contributed by atoms with Gasteiger partial charge in [-0.3, -0.25) is 0 Å². The van der Waals surface area contributed by atoms with Crippen LogP contribution in [0.25, 0.3) is 66.0 Å². The number of aromatic nitrogens is 2. The Morgan fingerprint density at radius 1 is 0.655 bits per heavy atom. The van der Waals surface area contributed by atoms with Gasteiger partial charge in [0.2, 0.25) is 0 Å². The molecule has 58 heavy (non-hydrogen) atoms. The molecule has 3 atom stereocenters. The van der Waals surface area contributed by atoms with Crippen molar-refractivity contribution in [2.24, 2.45) is 11.8 Å². The Morgan fingerprint density at radius 3 is 2.09 bits per heavy atom. The standard InChI is InChI=1S/C54H48Cl2N2/c1-3-5-29-57-45-27-13-11-21-41(45)49-48(38-24-16-26-40-44(38)32-34-18-8-10-20-36(34)52(40)56)54-50(42-22-12-14-28-46(42)58(54)30-6-4-2)47(53(49)57)37-23-15-25-39-43(37)31-33-17-7-9-19-35(33)51(39)55/h7-17,19-22,24-28,31,34,37,44H,3-6,18,23,29-30,32H2,1-2H3. The van der Waals surface area contributed by atoms with Crippen LogP contribution >= 0.6 is 23.2 Å². The summed E-state index contributed by atoms with van der Waals surface area (Å²) >= 11 is 14.9. The summed E-state index contributed by atoms with van der Waals surface area (Å²) in [6, 6.07) is 29.6. The van der Waals surface area contributed by atoms with Crippen LogP contribution in [0.4, 0.5) is 0 Å². The van der Waals surface area contributed by atoms with Crippen molar-refractivity contribution in [2.75, 3.05) is 0 Å². The van der Waals surface area contributed by atoms with Crippen molar-refractivity contribution in [3.8, 4) is 0 Å². The zero-order chi connectivity index (χ0) is 39.1. The molecule has 0 spiro atoms. The van der Waals surface area contributed by atoms with Gasteiger partial charge in [0.15, 0.2) is 0 Å². The highest BCUT2D eigenvalue weighted by atomic mass is 35.5. The van der Waals surface area contributed by atoms with Crippen LogP contribution in [-0.4, -0.2) is 9.13 Å². The van der Waals surface area contributed by atoms with Gasteiger partial charge in [-0.15, -0.1) is 0 Å². The second kappa shape index (κ2) is 14.4. The van der Waals surface area contributed by atoms with Gasteiger partial charge in [0.1, 0.15) is 0 Å². The Morgan fingerprint density at radius 2 is 1.33 bits per heavy atom. The first-order valence-corrected chi connectivity index (χ1v) is 22.3. The number of para-hydroxylation sites is 2. The van der Waals surface area contributed by atoms with Gasteiger partial charge < -0.3 is 9.13 Å². The number of rotatable bonds is 8. The maximum atomic E-state index is 7.47. The van der Waals surface area contributed by atoms with Crippen molar-refractivity contribution in [1.82, 2.24) is 9.13 Å². The number of unbranched alkanes of at least 4 members (excludes halogenated alkanes) is 2. The summed E-state index contributed by atoms with van der Waals surface area (Å²) in [4.78, 5) is 0. The highest BCUT2D eigenvalue weighted by Crippen LogP contribution is 2.56. The number of halogens is 2. The number of aryl methyl sites for hydroxylation is 2. The van der Waals surface area contributed by atoms with Crippen LogP contribution in [0, 0.1) is 11.8 Å². The van der Waals surface area contributed by atoms with Crippen LogP contribution in [0.1, 0.15) is 87.0 Å². The lowest BCUT2D eigenvalue weighted by molar-refractivity contribution is 0.500. The van der Waals surface area contributed by atoms with Crippen LogP contribution in [-0.2, 0) is 13.1 Å². The molecule has 0 radical (unpaired) electrons. The molecule has 4 aliphatic carbocycles. The van der Waals surface area contributed by atoms with Gasteiger partial charge in [0.05, 0.1) is 16.1 Å². The maximum absolute atomic E-state index is 7.47. The second-order valence-electron chi connectivity index (χ2n) is 16.9. The minimum absolute atomic E-state index is 0.109. The molecule has 0 saturated carbocycles. The molecule has 2 nitrogen and oxygen atoms in total. The van der Waals surface area contributed by atoms with Gasteiger partial charge in [0.25, 0.3) is 0 Å². The van der Waals surface area contributed by atoms with Gasteiger partial charge in [-0.05, 0) is 95.0 Å². The molecule has 2 heterocycles. The lowest BCUT2D eigenvalue weighted by Gasteiger charge is -2.37. The summed E-state index contributed by atoms with van der Waals surface area (Å²) < 4.78 is 5.42. The van der Waals surface area contributed by atoms with E-state index in [0.717, 1.165) is 79.0 Å². The quantitative estimate of drug-likeness (QED) is 0.145. The van der Waals surface area contributed by atoms with Crippen LogP contribution in [0.15, 0.2) is 138 Å². The zero-order valence-electron chi connectivity index (χ0n) is 33.4. The third-order valence-corrected chi connectivity index (χ3v) is 14.6. The third-order valence-electron chi connectivity index (χ3n) is 13.8. The first-order valence-electron chi connectivity index (χ1n) is 21.6. The monoisotopic (exact) mass is 794 g/mol. The largest absolute Gasteiger partial charge is 0.340 e. The van der Waals surface area contributed by atoms with Crippen LogP contribution in [0.2, 0.25) is 5.02 Å². The number of allylic oxidation sites excluding steroid dienone is 11. The molecule has 4 heteroatoms. The fourth-order valence-electron chi connectivity index (χ4n) is 11.1. The van der Waals surface area contributed by atoms with E-state index in [4.69, 9.17) is 23.2 Å². The van der Waals surface area contributed by atoms with Crippen LogP contribution in [0.5, 0.6) is 0 Å². The lowest BCUT2D eigenvalue weighted by Crippen LogP contribution is -2.23. The van der Waals surface area contributed by atoms with E-state index >= 15 is 0 Å². The molecule has 0 fully saturated rings. The first kappa shape index (κ1) is 36.1. The van der Waals surface area contributed by atoms with E-state index in [9.17, 15) is 0 Å². The molecule has 7 aromatic rings. The first-order chi connectivity index (χ1) is 28.6. The number of nitrogens with zero attached hydrogens (tertiary/aromatic N) is 2. The molecule has 288 valence electrons. The van der Waals surface area contributed by atoms with E-state index in [1.54, 1.807) is 0 Å². The molecule has 0 aliphatic heterocycles. The highest BCUT2D eigenvalue weighted by molar-refractivity contribution is 6.37. The van der Waals surface area contributed by atoms with E-state index < -0.39 is 0 Å². The Labute approximate surface area is 351 Å². The molecule has 0 N–H and O–H groups in total. The van der Waals surface area contributed by atoms with Gasteiger partial charge in [-0.25, -0.2) is 0 Å². The fourth-order valence-corrected chi connectivity index (χ4v) is 11.9. The van der Waals surface area contributed by atoms with Crippen molar-refractivity contribution >= 4 is 89.2 Å². The average molecular weight is 796 g/mol. The van der Waals surface area contributed by atoms with Crippen molar-refractivity contribution < 1.29 is 0 Å². The molecule has 2 aromatic heterocycles. The van der Waals surface area contributed by atoms with Crippen molar-refractivity contribution in [2.45, 2.75) is 77.8 Å².